The van der Waals surface area contributed by atoms with Crippen molar-refractivity contribution in [3.63, 3.8) is 0 Å². The highest BCUT2D eigenvalue weighted by atomic mass is 79.9. The number of aromatic nitrogens is 1. The summed E-state index contributed by atoms with van der Waals surface area (Å²) >= 11 is 2.85. The molecule has 0 radical (unpaired) electrons. The van der Waals surface area contributed by atoms with Gasteiger partial charge in [0.05, 0.1) is 11.1 Å². The van der Waals surface area contributed by atoms with E-state index in [1.165, 1.54) is 25.3 Å². The molecular weight excluding hydrogens is 504 g/mol. The van der Waals surface area contributed by atoms with Crippen LogP contribution in [0.15, 0.2) is 41.0 Å². The van der Waals surface area contributed by atoms with Crippen molar-refractivity contribution < 1.29 is 31.1 Å². The predicted molar refractivity (Wildman–Crippen MR) is 112 cm³/mol. The average Bonchev–Trinajstić information content (AvgIpc) is 2.68. The van der Waals surface area contributed by atoms with Crippen LogP contribution in [0.3, 0.4) is 0 Å². The van der Waals surface area contributed by atoms with Crippen molar-refractivity contribution in [2.75, 3.05) is 24.5 Å². The molecule has 2 heterocycles. The summed E-state index contributed by atoms with van der Waals surface area (Å²) in [4.78, 5) is 18.5. The Bertz CT molecular complexity index is 948. The Morgan fingerprint density at radius 3 is 2.19 bits per heavy atom. The number of hydrogen-bond donors (Lipinski definition) is 0. The minimum absolute atomic E-state index is 0.0601. The molecule has 1 aliphatic rings. The van der Waals surface area contributed by atoms with Crippen molar-refractivity contribution in [1.82, 2.24) is 9.88 Å². The number of carbonyl (C=O) groups is 1. The highest BCUT2D eigenvalue weighted by molar-refractivity contribution is 9.10. The number of pyridine rings is 1. The molecule has 0 aliphatic carbocycles. The van der Waals surface area contributed by atoms with E-state index in [2.05, 4.69) is 20.9 Å². The van der Waals surface area contributed by atoms with Crippen molar-refractivity contribution >= 4 is 27.7 Å². The molecule has 11 heteroatoms. The molecule has 0 N–H and O–H groups in total. The van der Waals surface area contributed by atoms with Gasteiger partial charge < -0.3 is 9.80 Å². The zero-order valence-electron chi connectivity index (χ0n) is 17.6. The van der Waals surface area contributed by atoms with E-state index >= 15 is 0 Å². The summed E-state index contributed by atoms with van der Waals surface area (Å²) in [5.41, 5.74) is -0.753. The SMILES string of the molecule is CC(=O)N1CCN(c2ncccc2C(F)(F)F)CC1C.Cc1ccc(Br)c(C(F)(F)F)c1. The minimum atomic E-state index is -4.43. The van der Waals surface area contributed by atoms with Gasteiger partial charge in [0.15, 0.2) is 0 Å². The van der Waals surface area contributed by atoms with Gasteiger partial charge in [-0.3, -0.25) is 4.79 Å². The Hall–Kier alpha value is -2.30. The molecule has 0 saturated carbocycles. The van der Waals surface area contributed by atoms with Crippen molar-refractivity contribution in [2.45, 2.75) is 39.2 Å². The van der Waals surface area contributed by atoms with Gasteiger partial charge in [-0.05, 0) is 38.1 Å². The highest BCUT2D eigenvalue weighted by Crippen LogP contribution is 2.36. The topological polar surface area (TPSA) is 36.4 Å². The van der Waals surface area contributed by atoms with Gasteiger partial charge in [0.25, 0.3) is 0 Å². The quantitative estimate of drug-likeness (QED) is 0.432. The second kappa shape index (κ2) is 10.1. The number of hydrogen-bond acceptors (Lipinski definition) is 3. The lowest BCUT2D eigenvalue weighted by molar-refractivity contribution is -0.138. The standard InChI is InChI=1S/C13H16F3N3O.C8H6BrF3/c1-9-8-18(6-7-19(9)10(2)20)12-11(13(14,15)16)4-3-5-17-12;1-5-2-3-7(9)6(4-5)8(10,11)12/h3-5,9H,6-8H2,1-2H3;2-4H,1H3. The van der Waals surface area contributed by atoms with Crippen LogP contribution in [0.25, 0.3) is 0 Å². The van der Waals surface area contributed by atoms with Crippen molar-refractivity contribution in [1.29, 1.82) is 0 Å². The van der Waals surface area contributed by atoms with E-state index < -0.39 is 23.5 Å². The van der Waals surface area contributed by atoms with Crippen LogP contribution in [-0.2, 0) is 17.1 Å². The van der Waals surface area contributed by atoms with E-state index in [0.717, 1.165) is 12.1 Å². The Morgan fingerprint density at radius 2 is 1.69 bits per heavy atom. The van der Waals surface area contributed by atoms with E-state index in [0.29, 0.717) is 25.2 Å². The molecular formula is C21H22BrF6N3O. The monoisotopic (exact) mass is 525 g/mol. The number of aryl methyl sites for hydroxylation is 1. The Morgan fingerprint density at radius 1 is 1.06 bits per heavy atom. The predicted octanol–water partition coefficient (Wildman–Crippen LogP) is 5.93. The van der Waals surface area contributed by atoms with Crippen molar-refractivity contribution in [3.8, 4) is 0 Å². The van der Waals surface area contributed by atoms with Crippen LogP contribution >= 0.6 is 15.9 Å². The van der Waals surface area contributed by atoms with Crippen LogP contribution in [0.5, 0.6) is 0 Å². The van der Waals surface area contributed by atoms with Gasteiger partial charge >= 0.3 is 12.4 Å². The fourth-order valence-corrected chi connectivity index (χ4v) is 3.82. The van der Waals surface area contributed by atoms with Crippen LogP contribution < -0.4 is 4.90 Å². The van der Waals surface area contributed by atoms with E-state index in [1.807, 2.05) is 6.92 Å². The summed E-state index contributed by atoms with van der Waals surface area (Å²) in [6, 6.07) is 6.32. The molecule has 4 nitrogen and oxygen atoms in total. The van der Waals surface area contributed by atoms with Gasteiger partial charge in [-0.2, -0.15) is 26.3 Å². The Kier molecular flexibility index (Phi) is 8.19. The van der Waals surface area contributed by atoms with Crippen LogP contribution in [0.1, 0.15) is 30.5 Å². The number of halogens is 7. The lowest BCUT2D eigenvalue weighted by Gasteiger charge is -2.40. The van der Waals surface area contributed by atoms with Crippen molar-refractivity contribution in [2.24, 2.45) is 0 Å². The van der Waals surface area contributed by atoms with Crippen molar-refractivity contribution in [3.05, 3.63) is 57.7 Å². The van der Waals surface area contributed by atoms with Gasteiger partial charge in [-0.25, -0.2) is 4.98 Å². The molecule has 1 fully saturated rings. The van der Waals surface area contributed by atoms with Gasteiger partial charge in [0.1, 0.15) is 5.82 Å². The molecule has 1 unspecified atom stereocenters. The minimum Gasteiger partial charge on any atom is -0.352 e. The Labute approximate surface area is 190 Å². The lowest BCUT2D eigenvalue weighted by Crippen LogP contribution is -2.54. The van der Waals surface area contributed by atoms with E-state index in [9.17, 15) is 31.1 Å². The second-order valence-corrected chi connectivity index (χ2v) is 8.22. The molecule has 1 aliphatic heterocycles. The Balaban J connectivity index is 0.000000258. The molecule has 176 valence electrons. The largest absolute Gasteiger partial charge is 0.419 e. The molecule has 1 saturated heterocycles. The van der Waals surface area contributed by atoms with E-state index in [4.69, 9.17) is 0 Å². The zero-order chi connectivity index (χ0) is 24.3. The molecule has 2 aromatic rings. The van der Waals surface area contributed by atoms with E-state index in [1.54, 1.807) is 22.8 Å². The first-order chi connectivity index (χ1) is 14.7. The zero-order valence-corrected chi connectivity index (χ0v) is 19.1. The maximum absolute atomic E-state index is 13.0. The molecule has 1 amide bonds. The highest BCUT2D eigenvalue weighted by Gasteiger charge is 2.37. The number of nitrogens with zero attached hydrogens (tertiary/aromatic N) is 3. The average molecular weight is 526 g/mol. The fourth-order valence-electron chi connectivity index (χ4n) is 3.34. The van der Waals surface area contributed by atoms with Crippen LogP contribution in [-0.4, -0.2) is 41.5 Å². The van der Waals surface area contributed by atoms with Gasteiger partial charge in [-0.1, -0.05) is 27.6 Å². The molecule has 32 heavy (non-hydrogen) atoms. The third kappa shape index (κ3) is 6.60. The number of piperazine rings is 1. The number of alkyl halides is 6. The maximum Gasteiger partial charge on any atom is 0.419 e. The normalized spacial score (nSPS) is 17.0. The molecule has 1 aromatic carbocycles. The van der Waals surface area contributed by atoms with Gasteiger partial charge in [0, 0.05) is 43.3 Å². The third-order valence-electron chi connectivity index (χ3n) is 4.85. The van der Waals surface area contributed by atoms with Gasteiger partial charge in [-0.15, -0.1) is 0 Å². The fraction of sp³-hybridized carbons (Fsp3) is 0.429. The first kappa shape index (κ1) is 26.0. The summed E-state index contributed by atoms with van der Waals surface area (Å²) in [6.07, 6.45) is -7.35. The number of anilines is 1. The first-order valence-electron chi connectivity index (χ1n) is 9.59. The van der Waals surface area contributed by atoms with Gasteiger partial charge in [0.2, 0.25) is 5.91 Å². The molecule has 0 bridgehead atoms. The summed E-state index contributed by atoms with van der Waals surface area (Å²) in [5.74, 6) is -0.121. The summed E-state index contributed by atoms with van der Waals surface area (Å²) in [7, 11) is 0. The molecule has 1 atom stereocenters. The number of carbonyl (C=O) groups excluding carboxylic acids is 1. The molecule has 1 aromatic heterocycles. The molecule has 3 rings (SSSR count). The molecule has 0 spiro atoms. The van der Waals surface area contributed by atoms with E-state index in [-0.39, 0.29) is 22.2 Å². The second-order valence-electron chi connectivity index (χ2n) is 7.36. The smallest absolute Gasteiger partial charge is 0.352 e. The first-order valence-corrected chi connectivity index (χ1v) is 10.4. The summed E-state index contributed by atoms with van der Waals surface area (Å²) < 4.78 is 75.6. The number of amides is 1. The third-order valence-corrected chi connectivity index (χ3v) is 5.54. The number of rotatable bonds is 1. The van der Waals surface area contributed by atoms with Crippen LogP contribution in [0.4, 0.5) is 32.2 Å². The van der Waals surface area contributed by atoms with Crippen LogP contribution in [0.2, 0.25) is 0 Å². The lowest BCUT2D eigenvalue weighted by atomic mass is 10.1. The summed E-state index contributed by atoms with van der Waals surface area (Å²) in [6.45, 7) is 6.02. The summed E-state index contributed by atoms with van der Waals surface area (Å²) in [5, 5.41) is 0. The number of benzene rings is 1. The maximum atomic E-state index is 13.0. The van der Waals surface area contributed by atoms with Crippen LogP contribution in [0, 0.1) is 6.92 Å².